The Labute approximate surface area is 150 Å². The van der Waals surface area contributed by atoms with E-state index in [1.165, 1.54) is 11.1 Å². The molecule has 5 nitrogen and oxygen atoms in total. The highest BCUT2D eigenvalue weighted by Gasteiger charge is 2.38. The van der Waals surface area contributed by atoms with Crippen LogP contribution in [0.1, 0.15) is 30.4 Å². The van der Waals surface area contributed by atoms with Crippen molar-refractivity contribution < 1.29 is 14.6 Å². The number of likely N-dealkylation sites (N-methyl/N-ethyl adjacent to an activating group) is 1. The Morgan fingerprint density at radius 2 is 2.16 bits per heavy atom. The number of nitrogens with zero attached hydrogens (tertiary/aromatic N) is 2. The van der Waals surface area contributed by atoms with E-state index in [9.17, 15) is 9.90 Å². The average molecular weight is 346 g/mol. The van der Waals surface area contributed by atoms with Crippen molar-refractivity contribution in [2.45, 2.75) is 44.9 Å². The van der Waals surface area contributed by atoms with E-state index in [0.717, 1.165) is 19.4 Å². The first-order chi connectivity index (χ1) is 12.1. The number of carbonyl (C=O) groups is 1. The summed E-state index contributed by atoms with van der Waals surface area (Å²) in [4.78, 5) is 16.8. The number of carbonyl (C=O) groups excluding carboxylic acids is 1. The predicted octanol–water partition coefficient (Wildman–Crippen LogP) is 1.82. The lowest BCUT2D eigenvalue weighted by atomic mass is 9.89. The molecular weight excluding hydrogens is 316 g/mol. The van der Waals surface area contributed by atoms with E-state index in [1.807, 2.05) is 24.1 Å². The molecule has 1 N–H and O–H groups in total. The zero-order chi connectivity index (χ0) is 17.8. The van der Waals surface area contributed by atoms with Crippen molar-refractivity contribution in [2.75, 3.05) is 33.4 Å². The fourth-order valence-corrected chi connectivity index (χ4v) is 4.07. The summed E-state index contributed by atoms with van der Waals surface area (Å²) < 4.78 is 5.58. The largest absolute Gasteiger partial charge is 0.393 e. The van der Waals surface area contributed by atoms with Crippen LogP contribution in [0.4, 0.5) is 0 Å². The number of benzene rings is 1. The fourth-order valence-electron chi connectivity index (χ4n) is 4.07. The summed E-state index contributed by atoms with van der Waals surface area (Å²) in [7, 11) is 1.87. The molecule has 2 aliphatic heterocycles. The van der Waals surface area contributed by atoms with Gasteiger partial charge in [-0.2, -0.15) is 0 Å². The average Bonchev–Trinajstić information content (AvgIpc) is 3.05. The molecule has 0 saturated carbocycles. The van der Waals surface area contributed by atoms with Crippen molar-refractivity contribution in [3.63, 3.8) is 0 Å². The second-order valence-corrected chi connectivity index (χ2v) is 7.45. The lowest BCUT2D eigenvalue weighted by molar-refractivity contribution is -0.133. The van der Waals surface area contributed by atoms with Gasteiger partial charge in [-0.25, -0.2) is 0 Å². The number of likely N-dealkylation sites (tertiary alicyclic amines) is 1. The Bertz CT molecular complexity index is 592. The number of aliphatic hydroxyl groups excluding tert-OH is 1. The van der Waals surface area contributed by atoms with Crippen LogP contribution >= 0.6 is 0 Å². The Morgan fingerprint density at radius 3 is 2.92 bits per heavy atom. The zero-order valence-electron chi connectivity index (χ0n) is 15.4. The number of aliphatic hydroxyl groups is 1. The molecule has 0 spiro atoms. The van der Waals surface area contributed by atoms with Crippen LogP contribution in [0.5, 0.6) is 0 Å². The van der Waals surface area contributed by atoms with Crippen LogP contribution in [0.25, 0.3) is 0 Å². The lowest BCUT2D eigenvalue weighted by Gasteiger charge is -2.37. The molecule has 0 aromatic heterocycles. The maximum absolute atomic E-state index is 12.7. The van der Waals surface area contributed by atoms with Crippen molar-refractivity contribution in [3.05, 3.63) is 35.4 Å². The minimum atomic E-state index is -0.306. The van der Waals surface area contributed by atoms with Crippen molar-refractivity contribution >= 4 is 5.91 Å². The molecule has 0 bridgehead atoms. The molecule has 2 heterocycles. The fraction of sp³-hybridized carbons (Fsp3) is 0.650. The van der Waals surface area contributed by atoms with E-state index in [1.54, 1.807) is 0 Å². The molecule has 1 aromatic carbocycles. The normalized spacial score (nSPS) is 27.4. The molecule has 5 heteroatoms. The molecule has 0 aliphatic carbocycles. The monoisotopic (exact) mass is 346 g/mol. The predicted molar refractivity (Wildman–Crippen MR) is 97.2 cm³/mol. The van der Waals surface area contributed by atoms with Crippen LogP contribution in [0, 0.1) is 12.8 Å². The maximum Gasteiger partial charge on any atom is 0.236 e. The molecule has 0 radical (unpaired) electrons. The first-order valence-corrected chi connectivity index (χ1v) is 9.34. The highest BCUT2D eigenvalue weighted by atomic mass is 16.5. The summed E-state index contributed by atoms with van der Waals surface area (Å²) in [6.45, 7) is 5.32. The number of hydrogen-bond acceptors (Lipinski definition) is 4. The number of hydrogen-bond donors (Lipinski definition) is 1. The summed E-state index contributed by atoms with van der Waals surface area (Å²) >= 11 is 0. The van der Waals surface area contributed by atoms with Gasteiger partial charge in [0.05, 0.1) is 19.3 Å². The second kappa shape index (κ2) is 8.30. The van der Waals surface area contributed by atoms with Gasteiger partial charge in [0.15, 0.2) is 0 Å². The van der Waals surface area contributed by atoms with Crippen LogP contribution in [0.15, 0.2) is 24.3 Å². The van der Waals surface area contributed by atoms with Gasteiger partial charge in [0, 0.05) is 32.2 Å². The minimum absolute atomic E-state index is 0.130. The molecule has 3 rings (SSSR count). The third-order valence-electron chi connectivity index (χ3n) is 5.70. The molecule has 1 aromatic rings. The molecule has 1 amide bonds. The Kier molecular flexibility index (Phi) is 6.10. The molecule has 25 heavy (non-hydrogen) atoms. The van der Waals surface area contributed by atoms with Crippen LogP contribution in [-0.2, 0) is 16.1 Å². The molecular formula is C20H30N2O3. The summed E-state index contributed by atoms with van der Waals surface area (Å²) in [5.41, 5.74) is 2.40. The van der Waals surface area contributed by atoms with Gasteiger partial charge >= 0.3 is 0 Å². The Hall–Kier alpha value is -1.43. The van der Waals surface area contributed by atoms with Crippen molar-refractivity contribution in [1.29, 1.82) is 0 Å². The van der Waals surface area contributed by atoms with Crippen LogP contribution in [0.3, 0.4) is 0 Å². The van der Waals surface area contributed by atoms with E-state index in [2.05, 4.69) is 24.0 Å². The van der Waals surface area contributed by atoms with Gasteiger partial charge in [-0.05, 0) is 43.9 Å². The summed E-state index contributed by atoms with van der Waals surface area (Å²) in [6, 6.07) is 8.45. The Balaban J connectivity index is 1.58. The van der Waals surface area contributed by atoms with Crippen molar-refractivity contribution in [3.8, 4) is 0 Å². The minimum Gasteiger partial charge on any atom is -0.393 e. The number of rotatable bonds is 5. The van der Waals surface area contributed by atoms with Gasteiger partial charge in [-0.3, -0.25) is 9.69 Å². The van der Waals surface area contributed by atoms with E-state index in [0.29, 0.717) is 32.7 Å². The van der Waals surface area contributed by atoms with Crippen molar-refractivity contribution in [1.82, 2.24) is 9.80 Å². The maximum atomic E-state index is 12.7. The standard InChI is InChI=1S/C20H30N2O3/c1-15-6-3-4-7-16(15)12-21(2)20(24)13-22-10-5-8-18(22)17-14-25-11-9-19(17)23/h3-4,6-7,17-19,23H,5,8-14H2,1-2H3/t17-,18+,19-/m0/s1. The summed E-state index contributed by atoms with van der Waals surface area (Å²) in [6.07, 6.45) is 2.53. The number of aryl methyl sites for hydroxylation is 1. The van der Waals surface area contributed by atoms with Gasteiger partial charge in [0.1, 0.15) is 0 Å². The first kappa shape index (κ1) is 18.4. The van der Waals surface area contributed by atoms with E-state index >= 15 is 0 Å². The third-order valence-corrected chi connectivity index (χ3v) is 5.70. The van der Waals surface area contributed by atoms with Crippen LogP contribution < -0.4 is 0 Å². The molecule has 2 saturated heterocycles. The SMILES string of the molecule is Cc1ccccc1CN(C)C(=O)CN1CCC[C@@H]1[C@@H]1COCC[C@@H]1O. The Morgan fingerprint density at radius 1 is 1.36 bits per heavy atom. The van der Waals surface area contributed by atoms with E-state index in [-0.39, 0.29) is 24.0 Å². The molecule has 2 aliphatic rings. The van der Waals surface area contributed by atoms with Gasteiger partial charge < -0.3 is 14.7 Å². The van der Waals surface area contributed by atoms with E-state index in [4.69, 9.17) is 4.74 Å². The quantitative estimate of drug-likeness (QED) is 0.884. The highest BCUT2D eigenvalue weighted by Crippen LogP contribution is 2.29. The van der Waals surface area contributed by atoms with E-state index < -0.39 is 0 Å². The second-order valence-electron chi connectivity index (χ2n) is 7.45. The summed E-state index contributed by atoms with van der Waals surface area (Å²) in [5.74, 6) is 0.270. The molecule has 2 fully saturated rings. The zero-order valence-corrected chi connectivity index (χ0v) is 15.4. The van der Waals surface area contributed by atoms with Gasteiger partial charge in [0.25, 0.3) is 0 Å². The number of amides is 1. The van der Waals surface area contributed by atoms with Crippen LogP contribution in [0.2, 0.25) is 0 Å². The van der Waals surface area contributed by atoms with Gasteiger partial charge in [-0.1, -0.05) is 24.3 Å². The van der Waals surface area contributed by atoms with Gasteiger partial charge in [0.2, 0.25) is 5.91 Å². The lowest BCUT2D eigenvalue weighted by Crippen LogP contribution is -2.48. The molecule has 3 atom stereocenters. The first-order valence-electron chi connectivity index (χ1n) is 9.34. The molecule has 0 unspecified atom stereocenters. The van der Waals surface area contributed by atoms with Crippen LogP contribution in [-0.4, -0.2) is 66.3 Å². The molecule has 138 valence electrons. The number of ether oxygens (including phenoxy) is 1. The topological polar surface area (TPSA) is 53.0 Å². The van der Waals surface area contributed by atoms with Crippen molar-refractivity contribution in [2.24, 2.45) is 5.92 Å². The van der Waals surface area contributed by atoms with Gasteiger partial charge in [-0.15, -0.1) is 0 Å². The highest BCUT2D eigenvalue weighted by molar-refractivity contribution is 5.78. The third kappa shape index (κ3) is 4.40. The summed E-state index contributed by atoms with van der Waals surface area (Å²) in [5, 5.41) is 10.3. The smallest absolute Gasteiger partial charge is 0.236 e.